The zero-order valence-corrected chi connectivity index (χ0v) is 29.6. The summed E-state index contributed by atoms with van der Waals surface area (Å²) in [4.78, 5) is 55.3. The Labute approximate surface area is 313 Å². The molecule has 55 heavy (non-hydrogen) atoms. The second-order valence-electron chi connectivity index (χ2n) is 12.9. The molecule has 7 aromatic rings. The van der Waals surface area contributed by atoms with Gasteiger partial charge in [-0.15, -0.1) is 0 Å². The maximum Gasteiger partial charge on any atom is 0.348 e. The van der Waals surface area contributed by atoms with Gasteiger partial charge in [0.15, 0.2) is 4.80 Å². The minimum atomic E-state index is -0.844. The van der Waals surface area contributed by atoms with E-state index in [-0.39, 0.29) is 22.5 Å². The first-order valence-corrected chi connectivity index (χ1v) is 17.8. The van der Waals surface area contributed by atoms with E-state index in [4.69, 9.17) is 14.1 Å². The fraction of sp³-hybridized carbons (Fsp3) is 0.100. The van der Waals surface area contributed by atoms with Crippen molar-refractivity contribution in [3.8, 4) is 22.7 Å². The number of methoxy groups -OCH3 is 1. The molecule has 2 aliphatic rings. The first-order chi connectivity index (χ1) is 26.7. The van der Waals surface area contributed by atoms with Crippen molar-refractivity contribution in [1.29, 1.82) is 0 Å². The smallest absolute Gasteiger partial charge is 0.348 e. The van der Waals surface area contributed by atoms with Gasteiger partial charge in [0.25, 0.3) is 5.56 Å². The third-order valence-corrected chi connectivity index (χ3v) is 10.8. The number of benzene rings is 4. The lowest BCUT2D eigenvalue weighted by Crippen LogP contribution is -2.38. The monoisotopic (exact) mass is 750 g/mol. The van der Waals surface area contributed by atoms with Gasteiger partial charge in [-0.3, -0.25) is 29.6 Å². The Hall–Kier alpha value is -7.26. The summed E-state index contributed by atoms with van der Waals surface area (Å²) in [5, 5.41) is 28.6. The third-order valence-electron chi connectivity index (χ3n) is 9.83. The van der Waals surface area contributed by atoms with Crippen LogP contribution in [0.15, 0.2) is 128 Å². The molecule has 14 nitrogen and oxygen atoms in total. The number of allylic oxidation sites excluding steroid dienone is 1. The fourth-order valence-corrected chi connectivity index (χ4v) is 8.27. The van der Waals surface area contributed by atoms with Crippen LogP contribution in [0.3, 0.4) is 0 Å². The molecule has 0 saturated heterocycles. The van der Waals surface area contributed by atoms with Gasteiger partial charge < -0.3 is 9.15 Å². The average molecular weight is 751 g/mol. The summed E-state index contributed by atoms with van der Waals surface area (Å²) in [5.74, 6) is 0.753. The van der Waals surface area contributed by atoms with E-state index >= 15 is 0 Å². The lowest BCUT2D eigenvalue weighted by atomic mass is 9.83. The molecule has 0 bridgehead atoms. The zero-order valence-electron chi connectivity index (χ0n) is 28.7. The van der Waals surface area contributed by atoms with E-state index in [9.17, 15) is 29.8 Å². The molecular weight excluding hydrogens is 725 g/mol. The second-order valence-corrected chi connectivity index (χ2v) is 13.9. The number of para-hydroxylation sites is 1. The molecule has 0 fully saturated rings. The van der Waals surface area contributed by atoms with Crippen LogP contribution >= 0.6 is 11.3 Å². The van der Waals surface area contributed by atoms with Crippen molar-refractivity contribution < 1.29 is 19.0 Å². The molecule has 4 aromatic carbocycles. The molecule has 1 atom stereocenters. The van der Waals surface area contributed by atoms with Crippen molar-refractivity contribution in [2.45, 2.75) is 18.9 Å². The number of nitro groups is 2. The van der Waals surface area contributed by atoms with Gasteiger partial charge in [-0.2, -0.15) is 5.10 Å². The van der Waals surface area contributed by atoms with Crippen LogP contribution in [0.1, 0.15) is 34.7 Å². The van der Waals surface area contributed by atoms with Gasteiger partial charge in [0, 0.05) is 34.8 Å². The van der Waals surface area contributed by atoms with Crippen LogP contribution in [-0.2, 0) is 6.42 Å². The van der Waals surface area contributed by atoms with Crippen LogP contribution in [0, 0.1) is 20.2 Å². The predicted octanol–water partition coefficient (Wildman–Crippen LogP) is 6.10. The summed E-state index contributed by atoms with van der Waals surface area (Å²) in [6.07, 6.45) is 4.54. The molecule has 1 aliphatic carbocycles. The topological polar surface area (TPSA) is 178 Å². The highest BCUT2D eigenvalue weighted by Gasteiger charge is 2.33. The van der Waals surface area contributed by atoms with Crippen molar-refractivity contribution in [3.05, 3.63) is 181 Å². The Morgan fingerprint density at radius 1 is 0.891 bits per heavy atom. The number of hydrogen-bond donors (Lipinski definition) is 0. The predicted molar refractivity (Wildman–Crippen MR) is 204 cm³/mol. The maximum absolute atomic E-state index is 14.6. The van der Waals surface area contributed by atoms with Crippen LogP contribution in [-0.4, -0.2) is 31.3 Å². The average Bonchev–Trinajstić information content (AvgIpc) is 3.76. The molecule has 3 aromatic heterocycles. The highest BCUT2D eigenvalue weighted by atomic mass is 32.1. The van der Waals surface area contributed by atoms with Gasteiger partial charge in [-0.1, -0.05) is 59.9 Å². The van der Waals surface area contributed by atoms with Gasteiger partial charge in [0.1, 0.15) is 17.0 Å². The highest BCUT2D eigenvalue weighted by Crippen LogP contribution is 2.42. The summed E-state index contributed by atoms with van der Waals surface area (Å²) in [5.41, 5.74) is 3.44. The largest absolute Gasteiger partial charge is 0.497 e. The first kappa shape index (κ1) is 33.6. The molecule has 0 radical (unpaired) electrons. The standard InChI is InChI=1S/C40H26N6O8S/c1-53-27-13-15-28-23(17-27)11-14-29-36(28)41-40-44(37(29)22-7-3-2-4-8-22)38(47)34(55-40)19-25-21-43(26-12-16-31(45(49)50)32(20-26)46(51)52)42-35(25)30-18-24-9-5-6-10-33(24)54-39(30)48/h2-10,12-13,15-21,37H,11,14H2,1H3. The van der Waals surface area contributed by atoms with E-state index in [0.29, 0.717) is 32.3 Å². The molecule has 4 heterocycles. The lowest BCUT2D eigenvalue weighted by molar-refractivity contribution is -0.422. The molecule has 0 spiro atoms. The van der Waals surface area contributed by atoms with E-state index in [2.05, 4.69) is 5.10 Å². The quantitative estimate of drug-likeness (QED) is 0.106. The third kappa shape index (κ3) is 5.64. The fourth-order valence-electron chi connectivity index (χ4n) is 7.28. The number of hydrogen-bond acceptors (Lipinski definition) is 11. The Morgan fingerprint density at radius 2 is 1.67 bits per heavy atom. The van der Waals surface area contributed by atoms with Crippen molar-refractivity contribution >= 4 is 45.5 Å². The Morgan fingerprint density at radius 3 is 2.45 bits per heavy atom. The molecule has 270 valence electrons. The number of aromatic nitrogens is 3. The molecule has 1 unspecified atom stereocenters. The normalized spacial score (nSPS) is 14.9. The van der Waals surface area contributed by atoms with Gasteiger partial charge in [0.2, 0.25) is 0 Å². The number of thiazole rings is 1. The Kier molecular flexibility index (Phi) is 7.93. The summed E-state index contributed by atoms with van der Waals surface area (Å²) in [6, 6.07) is 27.2. The number of aryl methyl sites for hydroxylation is 1. The Balaban J connectivity index is 1.27. The second kappa shape index (κ2) is 13.0. The zero-order chi connectivity index (χ0) is 38.0. The molecule has 0 amide bonds. The number of nitrogens with zero attached hydrogens (tertiary/aromatic N) is 6. The van der Waals surface area contributed by atoms with E-state index in [0.717, 1.165) is 52.3 Å². The minimum Gasteiger partial charge on any atom is -0.497 e. The first-order valence-electron chi connectivity index (χ1n) is 17.0. The van der Waals surface area contributed by atoms with Crippen molar-refractivity contribution in [2.75, 3.05) is 7.11 Å². The summed E-state index contributed by atoms with van der Waals surface area (Å²) in [7, 11) is 1.63. The van der Waals surface area contributed by atoms with Crippen molar-refractivity contribution in [1.82, 2.24) is 14.3 Å². The van der Waals surface area contributed by atoms with Crippen LogP contribution in [0.5, 0.6) is 5.75 Å². The van der Waals surface area contributed by atoms with Crippen LogP contribution in [0.2, 0.25) is 0 Å². The number of fused-ring (bicyclic) bond motifs is 4. The van der Waals surface area contributed by atoms with E-state index in [1.165, 1.54) is 28.3 Å². The molecule has 9 rings (SSSR count). The summed E-state index contributed by atoms with van der Waals surface area (Å²) < 4.78 is 14.4. The van der Waals surface area contributed by atoms with E-state index in [1.807, 2.05) is 48.5 Å². The summed E-state index contributed by atoms with van der Waals surface area (Å²) >= 11 is 1.19. The Bertz CT molecular complexity index is 3050. The SMILES string of the molecule is COc1ccc2c(c1)CCC1=C2N=c2sc(=Cc3cn(-c4ccc([N+](=O)[O-])c([N+](=O)[O-])c4)nc3-c3cc4ccccc4oc3=O)c(=O)n2C1c1ccccc1. The number of ether oxygens (including phenoxy) is 1. The van der Waals surface area contributed by atoms with Gasteiger partial charge in [-0.25, -0.2) is 14.5 Å². The molecular formula is C40H26N6O8S. The number of rotatable bonds is 7. The maximum atomic E-state index is 14.6. The van der Waals surface area contributed by atoms with Gasteiger partial charge in [-0.05, 0) is 72.0 Å². The highest BCUT2D eigenvalue weighted by molar-refractivity contribution is 7.07. The van der Waals surface area contributed by atoms with Crippen LogP contribution in [0.4, 0.5) is 11.4 Å². The number of nitro benzene ring substituents is 2. The van der Waals surface area contributed by atoms with E-state index in [1.54, 1.807) is 48.1 Å². The molecule has 15 heteroatoms. The summed E-state index contributed by atoms with van der Waals surface area (Å²) in [6.45, 7) is 0. The lowest BCUT2D eigenvalue weighted by Gasteiger charge is -2.31. The molecule has 1 aliphatic heterocycles. The van der Waals surface area contributed by atoms with Crippen molar-refractivity contribution in [2.24, 2.45) is 4.99 Å². The van der Waals surface area contributed by atoms with Crippen LogP contribution < -0.4 is 25.3 Å². The van der Waals surface area contributed by atoms with E-state index < -0.39 is 32.9 Å². The van der Waals surface area contributed by atoms with Gasteiger partial charge in [0.05, 0.1) is 44.5 Å². The van der Waals surface area contributed by atoms with Gasteiger partial charge >= 0.3 is 17.0 Å². The molecule has 0 saturated carbocycles. The van der Waals surface area contributed by atoms with Crippen molar-refractivity contribution in [3.63, 3.8) is 0 Å². The minimum absolute atomic E-state index is 0.0811. The molecule has 0 N–H and O–H groups in total. The van der Waals surface area contributed by atoms with Crippen LogP contribution in [0.25, 0.3) is 39.7 Å².